The summed E-state index contributed by atoms with van der Waals surface area (Å²) in [6, 6.07) is 68.1. The highest BCUT2D eigenvalue weighted by Gasteiger charge is 2.22. The molecule has 12 rings (SSSR count). The number of aromatic nitrogens is 4. The molecule has 270 valence electrons. The van der Waals surface area contributed by atoms with Gasteiger partial charge in [-0.15, -0.1) is 0 Å². The Bertz CT molecular complexity index is 3580. The minimum Gasteiger partial charge on any atom is -0.456 e. The molecule has 0 spiro atoms. The van der Waals surface area contributed by atoms with Gasteiger partial charge in [-0.25, -0.2) is 15.0 Å². The quantitative estimate of drug-likeness (QED) is 0.176. The van der Waals surface area contributed by atoms with Gasteiger partial charge in [0.25, 0.3) is 0 Å². The number of nitrogens with zero attached hydrogens (tertiary/aromatic N) is 4. The average Bonchev–Trinajstić information content (AvgIpc) is 3.83. The number of fused-ring (bicyclic) bond motifs is 8. The summed E-state index contributed by atoms with van der Waals surface area (Å²) in [5.74, 6) is 1.77. The Hall–Kier alpha value is -7.89. The van der Waals surface area contributed by atoms with Crippen LogP contribution in [0.25, 0.3) is 116 Å². The molecule has 5 heteroatoms. The summed E-state index contributed by atoms with van der Waals surface area (Å²) in [5.41, 5.74) is 9.68. The normalized spacial score (nSPS) is 11.8. The van der Waals surface area contributed by atoms with E-state index in [9.17, 15) is 0 Å². The fraction of sp³-hybridized carbons (Fsp3) is 0. The zero-order valence-electron chi connectivity index (χ0n) is 31.2. The third kappa shape index (κ3) is 5.21. The van der Waals surface area contributed by atoms with Crippen LogP contribution in [-0.4, -0.2) is 19.5 Å². The van der Waals surface area contributed by atoms with Crippen LogP contribution in [0.15, 0.2) is 199 Å². The Kier molecular flexibility index (Phi) is 7.16. The van der Waals surface area contributed by atoms with Crippen molar-refractivity contribution in [2.45, 2.75) is 0 Å². The van der Waals surface area contributed by atoms with E-state index in [4.69, 9.17) is 19.4 Å². The molecule has 12 aromatic rings. The number of furan rings is 1. The standard InChI is InChI=1S/C53H32N4O/c1-2-13-33(14-3-1)36-19-12-20-39(27-36)51-54-52(40-26-25-34-15-4-5-16-35(34)28-40)56-53(55-51)45-31-41(32-49-50(45)43-22-9-11-24-48(43)58-49)57-46-23-10-8-21-42(46)44-29-37-17-6-7-18-38(37)30-47(44)57/h1-32H. The van der Waals surface area contributed by atoms with E-state index in [0.717, 1.165) is 77.2 Å². The molecule has 9 aromatic carbocycles. The summed E-state index contributed by atoms with van der Waals surface area (Å²) in [6.45, 7) is 0. The van der Waals surface area contributed by atoms with Gasteiger partial charge in [-0.3, -0.25) is 0 Å². The van der Waals surface area contributed by atoms with Crippen molar-refractivity contribution in [3.05, 3.63) is 194 Å². The molecule has 0 bridgehead atoms. The molecule has 0 amide bonds. The summed E-state index contributed by atoms with van der Waals surface area (Å²) < 4.78 is 9.06. The molecule has 0 aliphatic carbocycles. The maximum absolute atomic E-state index is 6.71. The SMILES string of the molecule is c1ccc(-c2cccc(-c3nc(-c4ccc5ccccc5c4)nc(-c4cc(-n5c6ccccc6c6cc7ccccc7cc65)cc5oc6ccccc6c45)n3)c2)cc1. The minimum atomic E-state index is 0.572. The molecule has 3 aromatic heterocycles. The topological polar surface area (TPSA) is 56.7 Å². The van der Waals surface area contributed by atoms with Gasteiger partial charge in [0.05, 0.1) is 16.7 Å². The summed E-state index contributed by atoms with van der Waals surface area (Å²) in [4.78, 5) is 15.9. The molecular formula is C53H32N4O. The molecule has 0 fully saturated rings. The fourth-order valence-corrected chi connectivity index (χ4v) is 8.63. The van der Waals surface area contributed by atoms with Gasteiger partial charge in [0.1, 0.15) is 11.2 Å². The Balaban J connectivity index is 1.16. The lowest BCUT2D eigenvalue weighted by Gasteiger charge is -2.13. The van der Waals surface area contributed by atoms with Crippen molar-refractivity contribution >= 4 is 65.3 Å². The van der Waals surface area contributed by atoms with E-state index >= 15 is 0 Å². The van der Waals surface area contributed by atoms with Crippen LogP contribution in [0.2, 0.25) is 0 Å². The Morgan fingerprint density at radius 3 is 1.79 bits per heavy atom. The van der Waals surface area contributed by atoms with Gasteiger partial charge in [0, 0.05) is 44.3 Å². The van der Waals surface area contributed by atoms with Crippen molar-refractivity contribution in [2.24, 2.45) is 0 Å². The van der Waals surface area contributed by atoms with Crippen LogP contribution in [0.3, 0.4) is 0 Å². The molecule has 0 radical (unpaired) electrons. The first-order valence-corrected chi connectivity index (χ1v) is 19.5. The molecule has 0 saturated carbocycles. The summed E-state index contributed by atoms with van der Waals surface area (Å²) in [5, 5.41) is 9.03. The average molecular weight is 741 g/mol. The first-order chi connectivity index (χ1) is 28.7. The van der Waals surface area contributed by atoms with E-state index in [0.29, 0.717) is 17.5 Å². The second kappa shape index (κ2) is 12.8. The maximum atomic E-state index is 6.71. The highest BCUT2D eigenvalue weighted by atomic mass is 16.3. The van der Waals surface area contributed by atoms with E-state index in [1.54, 1.807) is 0 Å². The summed E-state index contributed by atoms with van der Waals surface area (Å²) in [7, 11) is 0. The highest BCUT2D eigenvalue weighted by molar-refractivity contribution is 6.16. The Labute approximate surface area is 333 Å². The number of hydrogen-bond donors (Lipinski definition) is 0. The van der Waals surface area contributed by atoms with Crippen LogP contribution in [-0.2, 0) is 0 Å². The predicted octanol–water partition coefficient (Wildman–Crippen LogP) is 13.8. The van der Waals surface area contributed by atoms with Crippen molar-refractivity contribution in [1.29, 1.82) is 0 Å². The van der Waals surface area contributed by atoms with Gasteiger partial charge in [0.2, 0.25) is 0 Å². The summed E-state index contributed by atoms with van der Waals surface area (Å²) >= 11 is 0. The van der Waals surface area contributed by atoms with Gasteiger partial charge in [-0.05, 0) is 75.1 Å². The monoisotopic (exact) mass is 740 g/mol. The van der Waals surface area contributed by atoms with Gasteiger partial charge >= 0.3 is 0 Å². The fourth-order valence-electron chi connectivity index (χ4n) is 8.63. The van der Waals surface area contributed by atoms with Crippen molar-refractivity contribution in [1.82, 2.24) is 19.5 Å². The lowest BCUT2D eigenvalue weighted by molar-refractivity contribution is 0.668. The molecule has 0 N–H and O–H groups in total. The number of para-hydroxylation sites is 2. The molecule has 5 nitrogen and oxygen atoms in total. The van der Waals surface area contributed by atoms with E-state index in [2.05, 4.69) is 180 Å². The highest BCUT2D eigenvalue weighted by Crippen LogP contribution is 2.41. The molecule has 0 aliphatic heterocycles. The largest absolute Gasteiger partial charge is 0.456 e. The second-order valence-corrected chi connectivity index (χ2v) is 14.8. The molecular weight excluding hydrogens is 709 g/mol. The summed E-state index contributed by atoms with van der Waals surface area (Å²) in [6.07, 6.45) is 0. The smallest absolute Gasteiger partial charge is 0.164 e. The third-order valence-corrected chi connectivity index (χ3v) is 11.4. The maximum Gasteiger partial charge on any atom is 0.164 e. The van der Waals surface area contributed by atoms with Crippen LogP contribution < -0.4 is 0 Å². The van der Waals surface area contributed by atoms with Crippen LogP contribution in [0.4, 0.5) is 0 Å². The van der Waals surface area contributed by atoms with E-state index in [-0.39, 0.29) is 0 Å². The molecule has 3 heterocycles. The number of hydrogen-bond acceptors (Lipinski definition) is 4. The first-order valence-electron chi connectivity index (χ1n) is 19.5. The second-order valence-electron chi connectivity index (χ2n) is 14.8. The molecule has 0 atom stereocenters. The lowest BCUT2D eigenvalue weighted by Crippen LogP contribution is -2.02. The van der Waals surface area contributed by atoms with Crippen molar-refractivity contribution in [2.75, 3.05) is 0 Å². The minimum absolute atomic E-state index is 0.572. The van der Waals surface area contributed by atoms with Crippen molar-refractivity contribution in [3.8, 4) is 51.0 Å². The molecule has 58 heavy (non-hydrogen) atoms. The van der Waals surface area contributed by atoms with E-state index < -0.39 is 0 Å². The van der Waals surface area contributed by atoms with Gasteiger partial charge in [-0.2, -0.15) is 0 Å². The van der Waals surface area contributed by atoms with E-state index in [1.807, 2.05) is 18.2 Å². The van der Waals surface area contributed by atoms with Crippen LogP contribution in [0.1, 0.15) is 0 Å². The molecule has 0 saturated heterocycles. The van der Waals surface area contributed by atoms with Gasteiger partial charge < -0.3 is 8.98 Å². The predicted molar refractivity (Wildman–Crippen MR) is 238 cm³/mol. The van der Waals surface area contributed by atoms with Crippen LogP contribution >= 0.6 is 0 Å². The first kappa shape index (κ1) is 32.4. The molecule has 0 unspecified atom stereocenters. The van der Waals surface area contributed by atoms with E-state index in [1.165, 1.54) is 21.5 Å². The molecule has 0 aliphatic rings. The zero-order chi connectivity index (χ0) is 38.2. The number of benzene rings is 9. The van der Waals surface area contributed by atoms with Crippen molar-refractivity contribution < 1.29 is 4.42 Å². The number of rotatable bonds is 5. The van der Waals surface area contributed by atoms with Gasteiger partial charge in [-0.1, -0.05) is 146 Å². The van der Waals surface area contributed by atoms with Crippen molar-refractivity contribution in [3.63, 3.8) is 0 Å². The van der Waals surface area contributed by atoms with Gasteiger partial charge in [0.15, 0.2) is 17.5 Å². The Morgan fingerprint density at radius 2 is 0.966 bits per heavy atom. The zero-order valence-corrected chi connectivity index (χ0v) is 31.2. The van der Waals surface area contributed by atoms with Crippen LogP contribution in [0.5, 0.6) is 0 Å². The third-order valence-electron chi connectivity index (χ3n) is 11.4. The lowest BCUT2D eigenvalue weighted by atomic mass is 10.0. The van der Waals surface area contributed by atoms with Crippen LogP contribution in [0, 0.1) is 0 Å². The Morgan fingerprint density at radius 1 is 0.345 bits per heavy atom.